The van der Waals surface area contributed by atoms with Crippen LogP contribution in [-0.2, 0) is 14.4 Å². The highest BCUT2D eigenvalue weighted by Gasteiger charge is 2.56. The van der Waals surface area contributed by atoms with Gasteiger partial charge in [0.25, 0.3) is 0 Å². The smallest absolute Gasteiger partial charge is 0.306 e. The van der Waals surface area contributed by atoms with Crippen molar-refractivity contribution in [3.63, 3.8) is 0 Å². The fraction of sp³-hybridized carbons (Fsp3) is 0.857. The average molecular weight is 253 g/mol. The Hall–Kier alpha value is -1.06. The van der Waals surface area contributed by atoms with Crippen LogP contribution in [0.3, 0.4) is 0 Å². The van der Waals surface area contributed by atoms with Gasteiger partial charge in [0.2, 0.25) is 0 Å². The quantitative estimate of drug-likeness (QED) is 0.571. The van der Waals surface area contributed by atoms with Crippen LogP contribution in [0.25, 0.3) is 0 Å². The zero-order chi connectivity index (χ0) is 13.3. The lowest BCUT2D eigenvalue weighted by molar-refractivity contribution is -0.144. The maximum absolute atomic E-state index is 11.6. The third kappa shape index (κ3) is 2.13. The highest BCUT2D eigenvalue weighted by Crippen LogP contribution is 2.59. The highest BCUT2D eigenvalue weighted by molar-refractivity contribution is 5.94. The van der Waals surface area contributed by atoms with Gasteiger partial charge in [0, 0.05) is 11.8 Å². The second-order valence-electron chi connectivity index (χ2n) is 5.95. The Bertz CT molecular complexity index is 362. The summed E-state index contributed by atoms with van der Waals surface area (Å²) in [6.07, 6.45) is 2.66. The third-order valence-corrected chi connectivity index (χ3v) is 4.73. The minimum absolute atomic E-state index is 0.120. The zero-order valence-corrected chi connectivity index (χ0v) is 11.7. The first-order valence-corrected chi connectivity index (χ1v) is 6.77. The third-order valence-electron chi connectivity index (χ3n) is 4.73. The molecule has 0 aromatic carbocycles. The second kappa shape index (κ2) is 4.90. The number of carbonyl (C=O) groups is 1. The molecule has 4 heteroatoms. The van der Waals surface area contributed by atoms with Crippen molar-refractivity contribution < 1.29 is 14.4 Å². The summed E-state index contributed by atoms with van der Waals surface area (Å²) >= 11 is 0. The van der Waals surface area contributed by atoms with E-state index in [1.807, 2.05) is 6.92 Å². The summed E-state index contributed by atoms with van der Waals surface area (Å²) < 4.78 is 5.04. The van der Waals surface area contributed by atoms with Crippen molar-refractivity contribution in [1.29, 1.82) is 0 Å². The molecular formula is C14H23NO3. The van der Waals surface area contributed by atoms with Crippen molar-refractivity contribution in [2.24, 2.45) is 28.3 Å². The second-order valence-corrected chi connectivity index (χ2v) is 5.95. The monoisotopic (exact) mass is 253 g/mol. The van der Waals surface area contributed by atoms with Crippen LogP contribution in [0.1, 0.15) is 40.0 Å². The number of hydrogen-bond donors (Lipinski definition) is 0. The first kappa shape index (κ1) is 13.4. The minimum Gasteiger partial charge on any atom is -0.466 e. The normalized spacial score (nSPS) is 34.9. The van der Waals surface area contributed by atoms with Gasteiger partial charge in [0.05, 0.1) is 18.7 Å². The van der Waals surface area contributed by atoms with E-state index in [1.165, 1.54) is 6.42 Å². The topological polar surface area (TPSA) is 47.9 Å². The lowest BCUT2D eigenvalue weighted by atomic mass is 9.46. The van der Waals surface area contributed by atoms with Crippen LogP contribution in [0.2, 0.25) is 0 Å². The summed E-state index contributed by atoms with van der Waals surface area (Å²) in [6.45, 7) is 6.86. The molecule has 0 aliphatic heterocycles. The van der Waals surface area contributed by atoms with Crippen LogP contribution in [0.4, 0.5) is 0 Å². The van der Waals surface area contributed by atoms with Gasteiger partial charge in [0.1, 0.15) is 7.11 Å². The first-order valence-electron chi connectivity index (χ1n) is 6.77. The molecule has 4 nitrogen and oxygen atoms in total. The van der Waals surface area contributed by atoms with Crippen molar-refractivity contribution in [2.75, 3.05) is 13.7 Å². The Labute approximate surface area is 109 Å². The summed E-state index contributed by atoms with van der Waals surface area (Å²) in [7, 11) is 1.58. The van der Waals surface area contributed by atoms with Gasteiger partial charge < -0.3 is 9.57 Å². The predicted octanol–water partition coefficient (Wildman–Crippen LogP) is 2.62. The van der Waals surface area contributed by atoms with Gasteiger partial charge in [-0.2, -0.15) is 0 Å². The molecule has 0 heterocycles. The number of fused-ring (bicyclic) bond motifs is 2. The molecule has 18 heavy (non-hydrogen) atoms. The van der Waals surface area contributed by atoms with Crippen molar-refractivity contribution in [1.82, 2.24) is 0 Å². The first-order chi connectivity index (χ1) is 8.50. The number of rotatable bonds is 4. The van der Waals surface area contributed by atoms with Crippen LogP contribution < -0.4 is 0 Å². The largest absolute Gasteiger partial charge is 0.466 e. The molecule has 0 unspecified atom stereocenters. The Kier molecular flexibility index (Phi) is 3.64. The molecule has 3 aliphatic carbocycles. The van der Waals surface area contributed by atoms with E-state index >= 15 is 0 Å². The molecule has 0 amide bonds. The molecule has 2 bridgehead atoms. The maximum Gasteiger partial charge on any atom is 0.306 e. The maximum atomic E-state index is 11.6. The molecule has 0 aromatic rings. The summed E-state index contributed by atoms with van der Waals surface area (Å²) in [5, 5.41) is 4.20. The highest BCUT2D eigenvalue weighted by atomic mass is 16.6. The Morgan fingerprint density at radius 2 is 2.17 bits per heavy atom. The van der Waals surface area contributed by atoms with Gasteiger partial charge in [-0.25, -0.2) is 0 Å². The van der Waals surface area contributed by atoms with E-state index in [9.17, 15) is 4.79 Å². The molecule has 0 N–H and O–H groups in total. The van der Waals surface area contributed by atoms with Gasteiger partial charge in [-0.3, -0.25) is 4.79 Å². The molecule has 0 radical (unpaired) electrons. The van der Waals surface area contributed by atoms with Crippen molar-refractivity contribution in [3.8, 4) is 0 Å². The number of esters is 1. The van der Waals surface area contributed by atoms with Gasteiger partial charge in [-0.05, 0) is 31.1 Å². The van der Waals surface area contributed by atoms with E-state index in [-0.39, 0.29) is 11.9 Å². The molecule has 0 saturated heterocycles. The van der Waals surface area contributed by atoms with E-state index < -0.39 is 0 Å². The van der Waals surface area contributed by atoms with Crippen molar-refractivity contribution >= 4 is 11.7 Å². The number of carbonyl (C=O) groups excluding carboxylic acids is 1. The summed E-state index contributed by atoms with van der Waals surface area (Å²) in [6, 6.07) is 0. The number of nitrogens with zero attached hydrogens (tertiary/aromatic N) is 1. The Balaban J connectivity index is 2.08. The van der Waals surface area contributed by atoms with Gasteiger partial charge in [-0.15, -0.1) is 0 Å². The van der Waals surface area contributed by atoms with Crippen LogP contribution in [0.5, 0.6) is 0 Å². The average Bonchev–Trinajstić information content (AvgIpc) is 2.31. The molecule has 3 aliphatic rings. The molecule has 3 fully saturated rings. The van der Waals surface area contributed by atoms with Crippen LogP contribution in [-0.4, -0.2) is 25.4 Å². The SMILES string of the molecule is CCOC(=O)C[C@H]1C[C@@H]2C[C@H](/C1=N/OC)C2(C)C. The van der Waals surface area contributed by atoms with E-state index in [0.29, 0.717) is 30.3 Å². The molecule has 3 saturated carbocycles. The van der Waals surface area contributed by atoms with Crippen LogP contribution in [0.15, 0.2) is 5.16 Å². The molecule has 102 valence electrons. The van der Waals surface area contributed by atoms with E-state index in [4.69, 9.17) is 9.57 Å². The summed E-state index contributed by atoms with van der Waals surface area (Å²) in [4.78, 5) is 16.6. The van der Waals surface area contributed by atoms with E-state index in [1.54, 1.807) is 7.11 Å². The van der Waals surface area contributed by atoms with E-state index in [2.05, 4.69) is 19.0 Å². The molecular weight excluding hydrogens is 230 g/mol. The van der Waals surface area contributed by atoms with Crippen LogP contribution in [0, 0.1) is 23.2 Å². The summed E-state index contributed by atoms with van der Waals surface area (Å²) in [5.41, 5.74) is 1.38. The van der Waals surface area contributed by atoms with E-state index in [0.717, 1.165) is 12.1 Å². The Morgan fingerprint density at radius 3 is 2.72 bits per heavy atom. The lowest BCUT2D eigenvalue weighted by Gasteiger charge is -2.58. The van der Waals surface area contributed by atoms with Gasteiger partial charge in [-0.1, -0.05) is 19.0 Å². The number of oxime groups is 1. The predicted molar refractivity (Wildman–Crippen MR) is 69.2 cm³/mol. The van der Waals surface area contributed by atoms with Gasteiger partial charge in [0.15, 0.2) is 0 Å². The number of hydrogen-bond acceptors (Lipinski definition) is 4. The molecule has 0 spiro atoms. The van der Waals surface area contributed by atoms with Crippen molar-refractivity contribution in [3.05, 3.63) is 0 Å². The zero-order valence-electron chi connectivity index (χ0n) is 11.7. The summed E-state index contributed by atoms with van der Waals surface area (Å²) in [5.74, 6) is 1.26. The van der Waals surface area contributed by atoms with Gasteiger partial charge >= 0.3 is 5.97 Å². The molecule has 3 atom stereocenters. The number of ether oxygens (including phenoxy) is 1. The lowest BCUT2D eigenvalue weighted by Crippen LogP contribution is -2.56. The molecule has 0 aromatic heterocycles. The Morgan fingerprint density at radius 1 is 1.44 bits per heavy atom. The van der Waals surface area contributed by atoms with Crippen molar-refractivity contribution in [2.45, 2.75) is 40.0 Å². The fourth-order valence-electron chi connectivity index (χ4n) is 3.52. The van der Waals surface area contributed by atoms with Crippen LogP contribution >= 0.6 is 0 Å². The standard InChI is InChI=1S/C14H23NO3/c1-5-18-12(16)7-9-6-10-8-11(14(10,2)3)13(9)15-17-4/h9-11H,5-8H2,1-4H3/b15-13+/t9-,10-,11-/m1/s1. The fourth-order valence-corrected chi connectivity index (χ4v) is 3.52. The molecule has 3 rings (SSSR count). The minimum atomic E-state index is -0.120.